The van der Waals surface area contributed by atoms with E-state index in [0.717, 1.165) is 12.1 Å². The molecule has 112 valence electrons. The minimum atomic E-state index is -4.49. The van der Waals surface area contributed by atoms with Crippen LogP contribution >= 0.6 is 15.9 Å². The number of alkyl halides is 3. The maximum absolute atomic E-state index is 12.7. The van der Waals surface area contributed by atoms with E-state index < -0.39 is 17.6 Å². The normalized spacial score (nSPS) is 11.5. The highest BCUT2D eigenvalue weighted by Gasteiger charge is 2.32. The van der Waals surface area contributed by atoms with Crippen LogP contribution in [0.1, 0.15) is 21.7 Å². The monoisotopic (exact) mass is 361 g/mol. The van der Waals surface area contributed by atoms with E-state index in [1.807, 2.05) is 0 Å². The van der Waals surface area contributed by atoms with Crippen molar-refractivity contribution in [3.05, 3.63) is 58.0 Å². The lowest BCUT2D eigenvalue weighted by molar-refractivity contribution is -0.137. The average Bonchev–Trinajstić information content (AvgIpc) is 2.90. The lowest BCUT2D eigenvalue weighted by atomic mass is 10.1. The van der Waals surface area contributed by atoms with Gasteiger partial charge < -0.3 is 9.32 Å². The second-order valence-corrected chi connectivity index (χ2v) is 5.29. The molecule has 1 heterocycles. The van der Waals surface area contributed by atoms with Gasteiger partial charge in [-0.25, -0.2) is 0 Å². The highest BCUT2D eigenvalue weighted by Crippen LogP contribution is 2.32. The molecule has 0 fully saturated rings. The van der Waals surface area contributed by atoms with Crippen LogP contribution in [0.5, 0.6) is 0 Å². The second-order valence-electron chi connectivity index (χ2n) is 4.43. The molecule has 21 heavy (non-hydrogen) atoms. The molecule has 0 bridgehead atoms. The van der Waals surface area contributed by atoms with Gasteiger partial charge in [-0.2, -0.15) is 13.2 Å². The zero-order valence-corrected chi connectivity index (χ0v) is 12.5. The van der Waals surface area contributed by atoms with Gasteiger partial charge in [0.15, 0.2) is 0 Å². The molecule has 0 aliphatic heterocycles. The van der Waals surface area contributed by atoms with E-state index in [4.69, 9.17) is 4.42 Å². The van der Waals surface area contributed by atoms with E-state index in [1.54, 1.807) is 12.1 Å². The summed E-state index contributed by atoms with van der Waals surface area (Å²) in [5.74, 6) is 0.0262. The zero-order valence-electron chi connectivity index (χ0n) is 10.9. The van der Waals surface area contributed by atoms with Crippen molar-refractivity contribution in [3.63, 3.8) is 0 Å². The Morgan fingerprint density at radius 3 is 2.62 bits per heavy atom. The standard InChI is InChI=1S/C14H11BrF3NO2/c1-19(8-10-3-2-6-21-10)13(20)11-7-9(14(16,17)18)4-5-12(11)15/h2-7H,8H2,1H3. The van der Waals surface area contributed by atoms with Gasteiger partial charge in [-0.05, 0) is 46.3 Å². The molecule has 0 saturated heterocycles. The van der Waals surface area contributed by atoms with Gasteiger partial charge in [-0.1, -0.05) is 0 Å². The second kappa shape index (κ2) is 5.93. The summed E-state index contributed by atoms with van der Waals surface area (Å²) in [6.45, 7) is 0.175. The molecule has 1 amide bonds. The fourth-order valence-corrected chi connectivity index (χ4v) is 2.20. The topological polar surface area (TPSA) is 33.5 Å². The fraction of sp³-hybridized carbons (Fsp3) is 0.214. The lowest BCUT2D eigenvalue weighted by Crippen LogP contribution is -2.26. The van der Waals surface area contributed by atoms with Crippen molar-refractivity contribution < 1.29 is 22.4 Å². The van der Waals surface area contributed by atoms with Gasteiger partial charge in [0.25, 0.3) is 5.91 Å². The molecule has 0 spiro atoms. The summed E-state index contributed by atoms with van der Waals surface area (Å²) >= 11 is 3.11. The van der Waals surface area contributed by atoms with Crippen molar-refractivity contribution in [2.24, 2.45) is 0 Å². The molecule has 0 N–H and O–H groups in total. The average molecular weight is 362 g/mol. The molecule has 1 aromatic heterocycles. The fourth-order valence-electron chi connectivity index (χ4n) is 1.78. The van der Waals surface area contributed by atoms with E-state index in [0.29, 0.717) is 10.2 Å². The smallest absolute Gasteiger partial charge is 0.416 e. The van der Waals surface area contributed by atoms with Crippen LogP contribution in [0.4, 0.5) is 13.2 Å². The third-order valence-corrected chi connectivity index (χ3v) is 3.54. The molecular weight excluding hydrogens is 351 g/mol. The summed E-state index contributed by atoms with van der Waals surface area (Å²) in [4.78, 5) is 13.5. The van der Waals surface area contributed by atoms with Crippen molar-refractivity contribution in [1.82, 2.24) is 4.90 Å². The van der Waals surface area contributed by atoms with Crippen molar-refractivity contribution in [2.45, 2.75) is 12.7 Å². The first-order valence-corrected chi connectivity index (χ1v) is 6.73. The molecule has 0 atom stereocenters. The Morgan fingerprint density at radius 1 is 1.33 bits per heavy atom. The van der Waals surface area contributed by atoms with Gasteiger partial charge in [0.05, 0.1) is 23.9 Å². The van der Waals surface area contributed by atoms with E-state index in [9.17, 15) is 18.0 Å². The Bertz CT molecular complexity index is 638. The van der Waals surface area contributed by atoms with Crippen LogP contribution < -0.4 is 0 Å². The summed E-state index contributed by atoms with van der Waals surface area (Å²) in [6.07, 6.45) is -3.02. The highest BCUT2D eigenvalue weighted by atomic mass is 79.9. The summed E-state index contributed by atoms with van der Waals surface area (Å²) in [6, 6.07) is 6.34. The molecule has 0 aliphatic carbocycles. The first-order valence-electron chi connectivity index (χ1n) is 5.93. The van der Waals surface area contributed by atoms with E-state index >= 15 is 0 Å². The minimum Gasteiger partial charge on any atom is -0.467 e. The number of carbonyl (C=O) groups excluding carboxylic acids is 1. The van der Waals surface area contributed by atoms with Crippen LogP contribution in [0.2, 0.25) is 0 Å². The molecule has 3 nitrogen and oxygen atoms in total. The number of benzene rings is 1. The molecule has 2 aromatic rings. The van der Waals surface area contributed by atoms with Gasteiger partial charge >= 0.3 is 6.18 Å². The number of nitrogens with zero attached hydrogens (tertiary/aromatic N) is 1. The summed E-state index contributed by atoms with van der Waals surface area (Å²) < 4.78 is 43.6. The SMILES string of the molecule is CN(Cc1ccco1)C(=O)c1cc(C(F)(F)F)ccc1Br. The van der Waals surface area contributed by atoms with Crippen molar-refractivity contribution in [1.29, 1.82) is 0 Å². The Balaban J connectivity index is 2.26. The number of rotatable bonds is 3. The van der Waals surface area contributed by atoms with E-state index in [2.05, 4.69) is 15.9 Å². The summed E-state index contributed by atoms with van der Waals surface area (Å²) in [5.41, 5.74) is -0.903. The van der Waals surface area contributed by atoms with Crippen LogP contribution in [0, 0.1) is 0 Å². The van der Waals surface area contributed by atoms with Gasteiger partial charge in [0.1, 0.15) is 5.76 Å². The Kier molecular flexibility index (Phi) is 4.41. The van der Waals surface area contributed by atoms with Crippen molar-refractivity contribution in [2.75, 3.05) is 7.05 Å². The van der Waals surface area contributed by atoms with Gasteiger partial charge in [-0.15, -0.1) is 0 Å². The lowest BCUT2D eigenvalue weighted by Gasteiger charge is -2.17. The van der Waals surface area contributed by atoms with Crippen LogP contribution in [0.15, 0.2) is 45.5 Å². The molecular formula is C14H11BrF3NO2. The predicted molar refractivity (Wildman–Crippen MR) is 73.6 cm³/mol. The maximum atomic E-state index is 12.7. The Hall–Kier alpha value is -1.76. The van der Waals surface area contributed by atoms with Gasteiger partial charge in [0.2, 0.25) is 0 Å². The number of hydrogen-bond donors (Lipinski definition) is 0. The summed E-state index contributed by atoms with van der Waals surface area (Å²) in [7, 11) is 1.50. The van der Waals surface area contributed by atoms with Crippen LogP contribution in [0.3, 0.4) is 0 Å². The van der Waals surface area contributed by atoms with Gasteiger partial charge in [0, 0.05) is 11.5 Å². The van der Waals surface area contributed by atoms with Crippen LogP contribution in [-0.2, 0) is 12.7 Å². The van der Waals surface area contributed by atoms with E-state index in [-0.39, 0.29) is 12.1 Å². The molecule has 0 radical (unpaired) electrons. The predicted octanol–water partition coefficient (Wildman–Crippen LogP) is 4.33. The third kappa shape index (κ3) is 3.66. The molecule has 7 heteroatoms. The Morgan fingerprint density at radius 2 is 2.05 bits per heavy atom. The minimum absolute atomic E-state index is 0.0427. The zero-order chi connectivity index (χ0) is 15.6. The van der Waals surface area contributed by atoms with Crippen molar-refractivity contribution in [3.8, 4) is 0 Å². The molecule has 2 rings (SSSR count). The highest BCUT2D eigenvalue weighted by molar-refractivity contribution is 9.10. The molecule has 1 aromatic carbocycles. The quantitative estimate of drug-likeness (QED) is 0.814. The van der Waals surface area contributed by atoms with Crippen LogP contribution in [0.25, 0.3) is 0 Å². The van der Waals surface area contributed by atoms with Crippen LogP contribution in [-0.4, -0.2) is 17.9 Å². The molecule has 0 unspecified atom stereocenters. The number of halogens is 4. The van der Waals surface area contributed by atoms with Gasteiger partial charge in [-0.3, -0.25) is 4.79 Å². The number of amides is 1. The van der Waals surface area contributed by atoms with Crippen molar-refractivity contribution >= 4 is 21.8 Å². The first-order chi connectivity index (χ1) is 9.79. The molecule has 0 aliphatic rings. The number of hydrogen-bond acceptors (Lipinski definition) is 2. The van der Waals surface area contributed by atoms with E-state index in [1.165, 1.54) is 24.3 Å². The molecule has 0 saturated carbocycles. The third-order valence-electron chi connectivity index (χ3n) is 2.84. The first kappa shape index (κ1) is 15.6. The summed E-state index contributed by atoms with van der Waals surface area (Å²) in [5, 5.41) is 0. The maximum Gasteiger partial charge on any atom is 0.416 e. The largest absolute Gasteiger partial charge is 0.467 e. The number of furan rings is 1. The Labute approximate surface area is 127 Å². The number of carbonyl (C=O) groups is 1.